The van der Waals surface area contributed by atoms with Crippen LogP contribution >= 0.6 is 0 Å². The smallest absolute Gasteiger partial charge is 0.222 e. The zero-order valence-electron chi connectivity index (χ0n) is 13.9. The average Bonchev–Trinajstić information content (AvgIpc) is 2.58. The van der Waals surface area contributed by atoms with Gasteiger partial charge in [-0.1, -0.05) is 30.3 Å². The second-order valence-electron chi connectivity index (χ2n) is 6.32. The molecule has 1 aliphatic rings. The summed E-state index contributed by atoms with van der Waals surface area (Å²) in [4.78, 5) is 13.7. The molecule has 122 valence electrons. The summed E-state index contributed by atoms with van der Waals surface area (Å²) in [6.45, 7) is 7.28. The van der Waals surface area contributed by atoms with Gasteiger partial charge in [0.15, 0.2) is 0 Å². The number of likely N-dealkylation sites (N-methyl/N-ethyl adjacent to an activating group) is 1. The molecule has 1 aromatic carbocycles. The molecule has 1 N–H and O–H groups in total. The number of benzene rings is 1. The van der Waals surface area contributed by atoms with Gasteiger partial charge in [-0.15, -0.1) is 0 Å². The predicted octanol–water partition coefficient (Wildman–Crippen LogP) is 2.22. The van der Waals surface area contributed by atoms with E-state index in [1.165, 1.54) is 11.1 Å². The van der Waals surface area contributed by atoms with Gasteiger partial charge in [0, 0.05) is 56.7 Å². The molecule has 0 spiro atoms. The Labute approximate surface area is 138 Å². The van der Waals surface area contributed by atoms with E-state index in [-0.39, 0.29) is 0 Å². The van der Waals surface area contributed by atoms with Gasteiger partial charge in [-0.25, -0.2) is 9.97 Å². The van der Waals surface area contributed by atoms with Crippen LogP contribution in [0.2, 0.25) is 0 Å². The van der Waals surface area contributed by atoms with Crippen LogP contribution in [0.5, 0.6) is 0 Å². The Kier molecular flexibility index (Phi) is 5.20. The first-order chi connectivity index (χ1) is 11.2. The van der Waals surface area contributed by atoms with Crippen LogP contribution in [0.25, 0.3) is 0 Å². The lowest BCUT2D eigenvalue weighted by Gasteiger charge is -2.37. The van der Waals surface area contributed by atoms with Crippen LogP contribution < -0.4 is 5.32 Å². The molecule has 0 saturated carbocycles. The number of rotatable bonds is 5. The van der Waals surface area contributed by atoms with Crippen molar-refractivity contribution >= 4 is 5.95 Å². The summed E-state index contributed by atoms with van der Waals surface area (Å²) in [5.74, 6) is 0.685. The zero-order chi connectivity index (χ0) is 16.1. The molecule has 23 heavy (non-hydrogen) atoms. The summed E-state index contributed by atoms with van der Waals surface area (Å²) < 4.78 is 0. The minimum atomic E-state index is 0.608. The molecule has 1 unspecified atom stereocenters. The average molecular weight is 311 g/mol. The summed E-state index contributed by atoms with van der Waals surface area (Å²) in [6, 6.07) is 10.9. The molecule has 2 aromatic rings. The molecule has 0 bridgehead atoms. The fraction of sp³-hybridized carbons (Fsp3) is 0.444. The van der Waals surface area contributed by atoms with Gasteiger partial charge in [0.2, 0.25) is 5.95 Å². The van der Waals surface area contributed by atoms with Crippen LogP contribution in [0.4, 0.5) is 5.95 Å². The summed E-state index contributed by atoms with van der Waals surface area (Å²) in [7, 11) is 2.19. The molecule has 1 saturated heterocycles. The van der Waals surface area contributed by atoms with E-state index in [4.69, 9.17) is 0 Å². The molecule has 1 aliphatic heterocycles. The quantitative estimate of drug-likeness (QED) is 0.917. The van der Waals surface area contributed by atoms with Crippen molar-refractivity contribution in [3.05, 3.63) is 53.9 Å². The Morgan fingerprint density at radius 2 is 1.83 bits per heavy atom. The van der Waals surface area contributed by atoms with Crippen molar-refractivity contribution in [1.29, 1.82) is 0 Å². The van der Waals surface area contributed by atoms with Crippen LogP contribution in [0.1, 0.15) is 18.1 Å². The number of aromatic nitrogens is 2. The molecular weight excluding hydrogens is 286 g/mol. The lowest BCUT2D eigenvalue weighted by Crippen LogP contribution is -2.49. The van der Waals surface area contributed by atoms with Gasteiger partial charge in [0.25, 0.3) is 0 Å². The molecule has 1 aromatic heterocycles. The summed E-state index contributed by atoms with van der Waals surface area (Å²) in [6.07, 6.45) is 3.87. The van der Waals surface area contributed by atoms with Gasteiger partial charge in [-0.05, 0) is 19.5 Å². The summed E-state index contributed by atoms with van der Waals surface area (Å²) in [5, 5.41) is 3.26. The second-order valence-corrected chi connectivity index (χ2v) is 6.32. The van der Waals surface area contributed by atoms with E-state index < -0.39 is 0 Å². The molecule has 0 radical (unpaired) electrons. The maximum atomic E-state index is 4.43. The highest BCUT2D eigenvalue weighted by Gasteiger charge is 2.20. The van der Waals surface area contributed by atoms with Crippen LogP contribution in [0.3, 0.4) is 0 Å². The molecular formula is C18H25N5. The van der Waals surface area contributed by atoms with Crippen molar-refractivity contribution in [2.45, 2.75) is 26.1 Å². The van der Waals surface area contributed by atoms with E-state index in [9.17, 15) is 0 Å². The van der Waals surface area contributed by atoms with E-state index in [1.807, 2.05) is 30.6 Å². The van der Waals surface area contributed by atoms with Gasteiger partial charge in [-0.3, -0.25) is 4.90 Å². The second kappa shape index (κ2) is 7.53. The van der Waals surface area contributed by atoms with Gasteiger partial charge in [0.1, 0.15) is 0 Å². The molecule has 0 aliphatic carbocycles. The monoisotopic (exact) mass is 311 g/mol. The molecule has 5 heteroatoms. The molecule has 2 heterocycles. The summed E-state index contributed by atoms with van der Waals surface area (Å²) in [5.41, 5.74) is 2.40. The van der Waals surface area contributed by atoms with Crippen molar-refractivity contribution in [2.24, 2.45) is 0 Å². The van der Waals surface area contributed by atoms with Crippen LogP contribution in [-0.2, 0) is 13.1 Å². The van der Waals surface area contributed by atoms with E-state index >= 15 is 0 Å². The third kappa shape index (κ3) is 4.50. The first-order valence-electron chi connectivity index (χ1n) is 8.22. The van der Waals surface area contributed by atoms with Crippen LogP contribution in [0, 0.1) is 0 Å². The number of piperazine rings is 1. The van der Waals surface area contributed by atoms with Crippen LogP contribution in [-0.4, -0.2) is 52.5 Å². The van der Waals surface area contributed by atoms with E-state index in [1.54, 1.807) is 0 Å². The Morgan fingerprint density at radius 1 is 1.09 bits per heavy atom. The first kappa shape index (κ1) is 15.9. The van der Waals surface area contributed by atoms with Crippen LogP contribution in [0.15, 0.2) is 42.7 Å². The third-order valence-corrected chi connectivity index (χ3v) is 4.45. The van der Waals surface area contributed by atoms with Crippen molar-refractivity contribution in [3.63, 3.8) is 0 Å². The number of nitrogens with zero attached hydrogens (tertiary/aromatic N) is 4. The van der Waals surface area contributed by atoms with E-state index in [0.29, 0.717) is 12.0 Å². The number of anilines is 1. The molecule has 0 amide bonds. The van der Waals surface area contributed by atoms with Crippen molar-refractivity contribution in [3.8, 4) is 0 Å². The third-order valence-electron chi connectivity index (χ3n) is 4.45. The van der Waals surface area contributed by atoms with Crippen molar-refractivity contribution in [1.82, 2.24) is 19.8 Å². The number of hydrogen-bond acceptors (Lipinski definition) is 5. The maximum absolute atomic E-state index is 4.43. The fourth-order valence-corrected chi connectivity index (χ4v) is 2.83. The maximum Gasteiger partial charge on any atom is 0.222 e. The standard InChI is InChI=1S/C18H25N5/c1-15-13-23(9-8-22(15)2)14-17-11-20-18(21-12-17)19-10-16-6-4-3-5-7-16/h3-7,11-12,15H,8-10,13-14H2,1-2H3,(H,19,20,21). The molecule has 1 atom stereocenters. The normalized spacial score (nSPS) is 19.7. The van der Waals surface area contributed by atoms with Crippen molar-refractivity contribution in [2.75, 3.05) is 32.0 Å². The Bertz CT molecular complexity index is 599. The van der Waals surface area contributed by atoms with E-state index in [0.717, 1.165) is 32.7 Å². The van der Waals surface area contributed by atoms with Gasteiger partial charge < -0.3 is 10.2 Å². The van der Waals surface area contributed by atoms with Gasteiger partial charge >= 0.3 is 0 Å². The Morgan fingerprint density at radius 3 is 2.52 bits per heavy atom. The largest absolute Gasteiger partial charge is 0.350 e. The van der Waals surface area contributed by atoms with Crippen molar-refractivity contribution < 1.29 is 0 Å². The predicted molar refractivity (Wildman–Crippen MR) is 93.2 cm³/mol. The molecule has 3 rings (SSSR count). The van der Waals surface area contributed by atoms with Gasteiger partial charge in [0.05, 0.1) is 0 Å². The zero-order valence-corrected chi connectivity index (χ0v) is 13.9. The molecule has 1 fully saturated rings. The minimum Gasteiger partial charge on any atom is -0.350 e. The highest BCUT2D eigenvalue weighted by atomic mass is 15.3. The van der Waals surface area contributed by atoms with E-state index in [2.05, 4.69) is 51.2 Å². The first-order valence-corrected chi connectivity index (χ1v) is 8.22. The highest BCUT2D eigenvalue weighted by molar-refractivity contribution is 5.27. The Hall–Kier alpha value is -1.98. The highest BCUT2D eigenvalue weighted by Crippen LogP contribution is 2.11. The number of nitrogens with one attached hydrogen (secondary N) is 1. The minimum absolute atomic E-state index is 0.608. The number of hydrogen-bond donors (Lipinski definition) is 1. The Balaban J connectivity index is 1.51. The lowest BCUT2D eigenvalue weighted by atomic mass is 10.2. The SMILES string of the molecule is CC1CN(Cc2cnc(NCc3ccccc3)nc2)CCN1C. The molecule has 5 nitrogen and oxygen atoms in total. The fourth-order valence-electron chi connectivity index (χ4n) is 2.83. The summed E-state index contributed by atoms with van der Waals surface area (Å²) >= 11 is 0. The van der Waals surface area contributed by atoms with Gasteiger partial charge in [-0.2, -0.15) is 0 Å². The topological polar surface area (TPSA) is 44.3 Å². The lowest BCUT2D eigenvalue weighted by molar-refractivity contribution is 0.0998.